The second kappa shape index (κ2) is 11.8. The molecule has 23 heavy (non-hydrogen) atoms. The fraction of sp³-hybridized carbons (Fsp3) is 0.611. The van der Waals surface area contributed by atoms with Crippen molar-refractivity contribution >= 4 is 5.96 Å². The summed E-state index contributed by atoms with van der Waals surface area (Å²) in [6, 6.07) is 8.11. The predicted octanol–water partition coefficient (Wildman–Crippen LogP) is 2.91. The molecule has 0 spiro atoms. The maximum atomic E-state index is 5.56. The molecule has 0 unspecified atom stereocenters. The molecular formula is C18H31N3O2. The predicted molar refractivity (Wildman–Crippen MR) is 96.2 cm³/mol. The van der Waals surface area contributed by atoms with Crippen LogP contribution in [0.3, 0.4) is 0 Å². The topological polar surface area (TPSA) is 46.1 Å². The Labute approximate surface area is 140 Å². The van der Waals surface area contributed by atoms with Crippen molar-refractivity contribution in [3.8, 4) is 5.75 Å². The van der Waals surface area contributed by atoms with Crippen LogP contribution in [0.5, 0.6) is 5.75 Å². The minimum Gasteiger partial charge on any atom is -0.497 e. The molecule has 0 fully saturated rings. The highest BCUT2D eigenvalue weighted by molar-refractivity contribution is 5.79. The number of guanidine groups is 1. The Morgan fingerprint density at radius 3 is 2.48 bits per heavy atom. The van der Waals surface area contributed by atoms with E-state index < -0.39 is 0 Å². The van der Waals surface area contributed by atoms with Gasteiger partial charge in [-0.15, -0.1) is 0 Å². The monoisotopic (exact) mass is 321 g/mol. The number of nitrogens with zero attached hydrogens (tertiary/aromatic N) is 2. The van der Waals surface area contributed by atoms with Gasteiger partial charge in [0.1, 0.15) is 5.75 Å². The van der Waals surface area contributed by atoms with Gasteiger partial charge in [-0.1, -0.05) is 25.5 Å². The van der Waals surface area contributed by atoms with Gasteiger partial charge in [0.25, 0.3) is 0 Å². The molecule has 0 aliphatic carbocycles. The van der Waals surface area contributed by atoms with Crippen LogP contribution in [0.15, 0.2) is 29.3 Å². The van der Waals surface area contributed by atoms with Crippen LogP contribution >= 0.6 is 0 Å². The van der Waals surface area contributed by atoms with E-state index in [0.29, 0.717) is 0 Å². The van der Waals surface area contributed by atoms with E-state index in [-0.39, 0.29) is 0 Å². The standard InChI is InChI=1S/C18H31N3O2/c1-5-6-13-23-14-7-12-20-18(19-2)21(3)15-16-8-10-17(22-4)11-9-16/h8-11H,5-7,12-15H2,1-4H3,(H,19,20). The Balaban J connectivity index is 2.30. The first-order chi connectivity index (χ1) is 11.2. The van der Waals surface area contributed by atoms with E-state index in [4.69, 9.17) is 9.47 Å². The molecule has 0 radical (unpaired) electrons. The molecule has 0 saturated carbocycles. The average Bonchev–Trinajstić information content (AvgIpc) is 2.58. The van der Waals surface area contributed by atoms with Crippen molar-refractivity contribution in [2.45, 2.75) is 32.7 Å². The van der Waals surface area contributed by atoms with Crippen molar-refractivity contribution in [3.05, 3.63) is 29.8 Å². The third-order valence-corrected chi connectivity index (χ3v) is 3.54. The molecule has 1 aromatic carbocycles. The maximum absolute atomic E-state index is 5.56. The Morgan fingerprint density at radius 1 is 1.17 bits per heavy atom. The molecule has 5 heteroatoms. The lowest BCUT2D eigenvalue weighted by atomic mass is 10.2. The summed E-state index contributed by atoms with van der Waals surface area (Å²) < 4.78 is 10.7. The Bertz CT molecular complexity index is 446. The fourth-order valence-corrected chi connectivity index (χ4v) is 2.19. The first-order valence-electron chi connectivity index (χ1n) is 8.33. The van der Waals surface area contributed by atoms with Crippen molar-refractivity contribution in [1.82, 2.24) is 10.2 Å². The zero-order valence-electron chi connectivity index (χ0n) is 15.0. The number of aliphatic imine (C=N–C) groups is 1. The van der Waals surface area contributed by atoms with Gasteiger partial charge in [-0.05, 0) is 30.5 Å². The minimum absolute atomic E-state index is 0.798. The van der Waals surface area contributed by atoms with Crippen LogP contribution in [0.4, 0.5) is 0 Å². The van der Waals surface area contributed by atoms with Gasteiger partial charge in [0, 0.05) is 40.4 Å². The van der Waals surface area contributed by atoms with E-state index in [1.165, 1.54) is 12.0 Å². The normalized spacial score (nSPS) is 11.4. The SMILES string of the molecule is CCCCOCCCNC(=NC)N(C)Cc1ccc(OC)cc1. The number of unbranched alkanes of at least 4 members (excludes halogenated alkanes) is 1. The number of rotatable bonds is 10. The second-order valence-corrected chi connectivity index (χ2v) is 5.50. The highest BCUT2D eigenvalue weighted by atomic mass is 16.5. The maximum Gasteiger partial charge on any atom is 0.193 e. The van der Waals surface area contributed by atoms with Gasteiger partial charge in [0.05, 0.1) is 7.11 Å². The summed E-state index contributed by atoms with van der Waals surface area (Å²) in [4.78, 5) is 6.44. The number of hydrogen-bond acceptors (Lipinski definition) is 3. The summed E-state index contributed by atoms with van der Waals surface area (Å²) in [7, 11) is 5.53. The summed E-state index contributed by atoms with van der Waals surface area (Å²) >= 11 is 0. The quantitative estimate of drug-likeness (QED) is 0.409. The van der Waals surface area contributed by atoms with E-state index in [1.807, 2.05) is 26.2 Å². The van der Waals surface area contributed by atoms with Gasteiger partial charge in [-0.2, -0.15) is 0 Å². The van der Waals surface area contributed by atoms with Crippen molar-refractivity contribution in [2.75, 3.05) is 41.0 Å². The smallest absolute Gasteiger partial charge is 0.193 e. The summed E-state index contributed by atoms with van der Waals surface area (Å²) in [5.74, 6) is 1.77. The number of nitrogens with one attached hydrogen (secondary N) is 1. The Morgan fingerprint density at radius 2 is 1.87 bits per heavy atom. The molecule has 0 amide bonds. The molecule has 1 aromatic rings. The van der Waals surface area contributed by atoms with Crippen LogP contribution in [0.25, 0.3) is 0 Å². The summed E-state index contributed by atoms with van der Waals surface area (Å²) in [6.45, 7) is 5.50. The number of methoxy groups -OCH3 is 1. The van der Waals surface area contributed by atoms with Crippen LogP contribution in [0, 0.1) is 0 Å². The highest BCUT2D eigenvalue weighted by Gasteiger charge is 2.06. The minimum atomic E-state index is 0.798. The van der Waals surface area contributed by atoms with Crippen LogP contribution in [0.2, 0.25) is 0 Å². The Kier molecular flexibility index (Phi) is 9.87. The fourth-order valence-electron chi connectivity index (χ4n) is 2.19. The van der Waals surface area contributed by atoms with Gasteiger partial charge in [0.2, 0.25) is 0 Å². The first-order valence-corrected chi connectivity index (χ1v) is 8.33. The van der Waals surface area contributed by atoms with Gasteiger partial charge in [-0.3, -0.25) is 4.99 Å². The van der Waals surface area contributed by atoms with E-state index in [2.05, 4.69) is 34.3 Å². The van der Waals surface area contributed by atoms with Gasteiger partial charge >= 0.3 is 0 Å². The van der Waals surface area contributed by atoms with Crippen molar-refractivity contribution < 1.29 is 9.47 Å². The summed E-state index contributed by atoms with van der Waals surface area (Å²) in [5, 5.41) is 3.37. The number of ether oxygens (including phenoxy) is 2. The molecule has 1 N–H and O–H groups in total. The van der Waals surface area contributed by atoms with Crippen LogP contribution in [-0.4, -0.2) is 51.8 Å². The average molecular weight is 321 g/mol. The molecule has 0 aliphatic rings. The molecule has 0 saturated heterocycles. The van der Waals surface area contributed by atoms with E-state index in [1.54, 1.807) is 7.11 Å². The van der Waals surface area contributed by atoms with Gasteiger partial charge in [0.15, 0.2) is 5.96 Å². The number of hydrogen-bond donors (Lipinski definition) is 1. The largest absolute Gasteiger partial charge is 0.497 e. The zero-order valence-corrected chi connectivity index (χ0v) is 15.0. The van der Waals surface area contributed by atoms with E-state index >= 15 is 0 Å². The van der Waals surface area contributed by atoms with Gasteiger partial charge in [-0.25, -0.2) is 0 Å². The van der Waals surface area contributed by atoms with E-state index in [0.717, 1.165) is 50.9 Å². The molecule has 0 aromatic heterocycles. The third kappa shape index (κ3) is 7.88. The first kappa shape index (κ1) is 19.3. The van der Waals surface area contributed by atoms with Crippen LogP contribution in [-0.2, 0) is 11.3 Å². The van der Waals surface area contributed by atoms with Crippen molar-refractivity contribution in [1.29, 1.82) is 0 Å². The summed E-state index contributed by atoms with van der Waals surface area (Å²) in [6.07, 6.45) is 3.31. The molecule has 0 atom stereocenters. The summed E-state index contributed by atoms with van der Waals surface area (Å²) in [5.41, 5.74) is 1.22. The van der Waals surface area contributed by atoms with E-state index in [9.17, 15) is 0 Å². The molecule has 5 nitrogen and oxygen atoms in total. The van der Waals surface area contributed by atoms with Crippen molar-refractivity contribution in [3.63, 3.8) is 0 Å². The highest BCUT2D eigenvalue weighted by Crippen LogP contribution is 2.12. The lowest BCUT2D eigenvalue weighted by molar-refractivity contribution is 0.129. The molecule has 1 rings (SSSR count). The lowest BCUT2D eigenvalue weighted by Crippen LogP contribution is -2.39. The molecule has 130 valence electrons. The lowest BCUT2D eigenvalue weighted by Gasteiger charge is -2.22. The molecular weight excluding hydrogens is 290 g/mol. The van der Waals surface area contributed by atoms with Crippen molar-refractivity contribution in [2.24, 2.45) is 4.99 Å². The second-order valence-electron chi connectivity index (χ2n) is 5.50. The number of benzene rings is 1. The molecule has 0 heterocycles. The van der Waals surface area contributed by atoms with Crippen LogP contribution in [0.1, 0.15) is 31.7 Å². The molecule has 0 bridgehead atoms. The zero-order chi connectivity index (χ0) is 16.9. The molecule has 0 aliphatic heterocycles. The third-order valence-electron chi connectivity index (χ3n) is 3.54. The van der Waals surface area contributed by atoms with Gasteiger partial charge < -0.3 is 19.7 Å². The van der Waals surface area contributed by atoms with Crippen LogP contribution < -0.4 is 10.1 Å². The Hall–Kier alpha value is -1.75.